The van der Waals surface area contributed by atoms with Crippen LogP contribution in [0, 0.1) is 12.3 Å². The standard InChI is InChI=1S/C37H45N7O7S/c1-25-12-13-29(17-30(25)21-44-18-26(2)51-33-10-5-6-11-34(33)52(44,48)49)35(37(3,4)36(46)47)50-24-32-23-43(41-39-32)20-28-9-7-8-27(16-28)19-42-22-31(14-15-45)38-40-42/h5-13,16-17,22-23,26,35,45,48-49H,14-15,18-21,24H2,1-4H3,(H,46,47). The van der Waals surface area contributed by atoms with E-state index in [4.69, 9.17) is 14.6 Å². The Labute approximate surface area is 304 Å². The molecule has 14 nitrogen and oxygen atoms in total. The molecule has 4 N–H and O–H groups in total. The number of aromatic nitrogens is 6. The highest BCUT2D eigenvalue weighted by Gasteiger charge is 2.40. The lowest BCUT2D eigenvalue weighted by molar-refractivity contribution is -0.158. The van der Waals surface area contributed by atoms with Crippen molar-refractivity contribution in [3.05, 3.63) is 118 Å². The van der Waals surface area contributed by atoms with Gasteiger partial charge in [0.1, 0.15) is 22.4 Å². The van der Waals surface area contributed by atoms with E-state index in [-0.39, 0.29) is 32.4 Å². The third-order valence-corrected chi connectivity index (χ3v) is 11.1. The number of aryl methyl sites for hydroxylation is 1. The molecule has 15 heteroatoms. The number of carboxylic acids is 1. The summed E-state index contributed by atoms with van der Waals surface area (Å²) in [5, 5.41) is 36.2. The average molecular weight is 732 g/mol. The summed E-state index contributed by atoms with van der Waals surface area (Å²) in [4.78, 5) is 12.9. The van der Waals surface area contributed by atoms with Crippen LogP contribution in [0.25, 0.3) is 0 Å². The van der Waals surface area contributed by atoms with Gasteiger partial charge in [-0.15, -0.1) is 21.0 Å². The summed E-state index contributed by atoms with van der Waals surface area (Å²) in [6.07, 6.45) is 2.89. The minimum Gasteiger partial charge on any atom is -0.487 e. The van der Waals surface area contributed by atoms with Gasteiger partial charge < -0.3 is 19.7 Å². The van der Waals surface area contributed by atoms with Crippen LogP contribution in [0.3, 0.4) is 0 Å². The highest BCUT2D eigenvalue weighted by atomic mass is 32.3. The van der Waals surface area contributed by atoms with Crippen LogP contribution in [0.2, 0.25) is 0 Å². The zero-order chi connectivity index (χ0) is 37.0. The predicted molar refractivity (Wildman–Crippen MR) is 194 cm³/mol. The maximum Gasteiger partial charge on any atom is 0.312 e. The normalized spacial score (nSPS) is 17.2. The molecule has 0 saturated heterocycles. The third kappa shape index (κ3) is 8.36. The smallest absolute Gasteiger partial charge is 0.312 e. The van der Waals surface area contributed by atoms with Gasteiger partial charge in [-0.05, 0) is 67.6 Å². The Morgan fingerprint density at radius 3 is 2.33 bits per heavy atom. The summed E-state index contributed by atoms with van der Waals surface area (Å²) in [6, 6.07) is 20.6. The van der Waals surface area contributed by atoms with Gasteiger partial charge in [0.25, 0.3) is 0 Å². The lowest BCUT2D eigenvalue weighted by Gasteiger charge is -2.42. The van der Waals surface area contributed by atoms with Crippen molar-refractivity contribution in [2.24, 2.45) is 5.41 Å². The van der Waals surface area contributed by atoms with Crippen LogP contribution < -0.4 is 4.74 Å². The van der Waals surface area contributed by atoms with Crippen molar-refractivity contribution in [1.29, 1.82) is 0 Å². The van der Waals surface area contributed by atoms with Crippen LogP contribution in [0.1, 0.15) is 66.1 Å². The SMILES string of the molecule is Cc1ccc(C(OCc2cn(Cc3cccc(Cn4cc(CCO)nn4)c3)nn2)C(C)(C)C(=O)O)cc1CN1CC(C)Oc2ccccc2S1(O)O. The first-order valence-corrected chi connectivity index (χ1v) is 18.5. The van der Waals surface area contributed by atoms with Gasteiger partial charge in [-0.1, -0.05) is 65.0 Å². The van der Waals surface area contributed by atoms with Gasteiger partial charge in [-0.25, -0.2) is 9.36 Å². The third-order valence-electron chi connectivity index (χ3n) is 9.14. The topological polar surface area (TPSA) is 181 Å². The first-order chi connectivity index (χ1) is 24.8. The van der Waals surface area contributed by atoms with Crippen LogP contribution >= 0.6 is 10.8 Å². The van der Waals surface area contributed by atoms with Crippen molar-refractivity contribution in [3.8, 4) is 5.75 Å². The molecule has 0 aliphatic carbocycles. The molecular formula is C37H45N7O7S. The molecule has 2 unspecified atom stereocenters. The summed E-state index contributed by atoms with van der Waals surface area (Å²) in [5.74, 6) is -0.579. The molecule has 3 heterocycles. The highest BCUT2D eigenvalue weighted by molar-refractivity contribution is 8.22. The second kappa shape index (κ2) is 15.5. The molecule has 6 rings (SSSR count). The van der Waals surface area contributed by atoms with Crippen LogP contribution in [-0.2, 0) is 42.2 Å². The van der Waals surface area contributed by atoms with Gasteiger partial charge in [0.15, 0.2) is 0 Å². The Balaban J connectivity index is 1.17. The highest BCUT2D eigenvalue weighted by Crippen LogP contribution is 2.57. The van der Waals surface area contributed by atoms with Crippen molar-refractivity contribution in [2.75, 3.05) is 13.2 Å². The minimum atomic E-state index is -3.38. The van der Waals surface area contributed by atoms with Gasteiger partial charge in [-0.2, -0.15) is 4.31 Å². The Morgan fingerprint density at radius 2 is 1.63 bits per heavy atom. The van der Waals surface area contributed by atoms with Crippen LogP contribution in [0.5, 0.6) is 5.75 Å². The fraction of sp³-hybridized carbons (Fsp3) is 0.378. The van der Waals surface area contributed by atoms with E-state index >= 15 is 0 Å². The molecule has 0 radical (unpaired) electrons. The predicted octanol–water partition coefficient (Wildman–Crippen LogP) is 5.49. The number of carboxylic acid groups (broad SMARTS) is 1. The Bertz CT molecular complexity index is 2010. The number of hydrogen-bond donors (Lipinski definition) is 4. The van der Waals surface area contributed by atoms with Gasteiger partial charge >= 0.3 is 5.97 Å². The molecule has 0 amide bonds. The molecule has 2 atom stereocenters. The summed E-state index contributed by atoms with van der Waals surface area (Å²) < 4.78 is 40.4. The number of aliphatic hydroxyl groups is 1. The molecule has 2 aromatic heterocycles. The van der Waals surface area contributed by atoms with Crippen LogP contribution in [-0.4, -0.2) is 78.8 Å². The molecule has 0 fully saturated rings. The molecule has 276 valence electrons. The molecule has 3 aromatic carbocycles. The van der Waals surface area contributed by atoms with Crippen molar-refractivity contribution < 1.29 is 33.6 Å². The fourth-order valence-corrected chi connectivity index (χ4v) is 7.92. The van der Waals surface area contributed by atoms with Crippen LogP contribution in [0.15, 0.2) is 84.0 Å². The summed E-state index contributed by atoms with van der Waals surface area (Å²) in [5.41, 5.74) is 4.36. The minimum absolute atomic E-state index is 0.0192. The molecular weight excluding hydrogens is 687 g/mol. The largest absolute Gasteiger partial charge is 0.487 e. The van der Waals surface area contributed by atoms with E-state index in [0.717, 1.165) is 27.9 Å². The average Bonchev–Trinajstić information content (AvgIpc) is 3.72. The first kappa shape index (κ1) is 37.1. The first-order valence-electron chi connectivity index (χ1n) is 17.0. The molecule has 0 spiro atoms. The number of ether oxygens (including phenoxy) is 2. The Kier molecular flexibility index (Phi) is 11.1. The lowest BCUT2D eigenvalue weighted by Crippen LogP contribution is -2.34. The van der Waals surface area contributed by atoms with E-state index in [1.54, 1.807) is 58.0 Å². The molecule has 1 aliphatic rings. The van der Waals surface area contributed by atoms with E-state index < -0.39 is 28.3 Å². The number of para-hydroxylation sites is 1. The second-order valence-electron chi connectivity index (χ2n) is 13.7. The number of aliphatic hydroxyl groups excluding tert-OH is 1. The zero-order valence-corrected chi connectivity index (χ0v) is 30.5. The molecule has 0 bridgehead atoms. The van der Waals surface area contributed by atoms with Crippen molar-refractivity contribution >= 4 is 16.7 Å². The number of hydrogen-bond acceptors (Lipinski definition) is 11. The monoisotopic (exact) mass is 731 g/mol. The Hall–Kier alpha value is -4.64. The van der Waals surface area contributed by atoms with Gasteiger partial charge in [0.2, 0.25) is 0 Å². The van der Waals surface area contributed by atoms with E-state index in [1.165, 1.54) is 0 Å². The number of nitrogens with zero attached hydrogens (tertiary/aromatic N) is 7. The number of aliphatic carboxylic acids is 1. The van der Waals surface area contributed by atoms with Crippen molar-refractivity contribution in [2.45, 2.75) is 77.5 Å². The second-order valence-corrected chi connectivity index (χ2v) is 15.7. The van der Waals surface area contributed by atoms with Crippen molar-refractivity contribution in [1.82, 2.24) is 34.3 Å². The van der Waals surface area contributed by atoms with E-state index in [1.807, 2.05) is 56.4 Å². The van der Waals surface area contributed by atoms with E-state index in [0.29, 0.717) is 41.4 Å². The van der Waals surface area contributed by atoms with E-state index in [9.17, 15) is 19.0 Å². The fourth-order valence-electron chi connectivity index (χ4n) is 6.26. The van der Waals surface area contributed by atoms with Gasteiger partial charge in [-0.3, -0.25) is 13.9 Å². The summed E-state index contributed by atoms with van der Waals surface area (Å²) >= 11 is 0. The number of fused-ring (bicyclic) bond motifs is 1. The Morgan fingerprint density at radius 1 is 0.962 bits per heavy atom. The summed E-state index contributed by atoms with van der Waals surface area (Å²) in [7, 11) is -3.38. The zero-order valence-electron chi connectivity index (χ0n) is 29.7. The number of benzene rings is 3. The summed E-state index contributed by atoms with van der Waals surface area (Å²) in [6.45, 7) is 8.57. The maximum atomic E-state index is 12.6. The van der Waals surface area contributed by atoms with Gasteiger partial charge in [0.05, 0.1) is 49.7 Å². The van der Waals surface area contributed by atoms with Gasteiger partial charge in [0, 0.05) is 25.8 Å². The number of rotatable bonds is 14. The number of carbonyl (C=O) groups is 1. The van der Waals surface area contributed by atoms with E-state index in [2.05, 4.69) is 26.7 Å². The maximum absolute atomic E-state index is 12.6. The van der Waals surface area contributed by atoms with Crippen LogP contribution in [0.4, 0.5) is 0 Å². The molecule has 1 aliphatic heterocycles. The molecule has 0 saturated carbocycles. The quantitative estimate of drug-likeness (QED) is 0.113. The lowest BCUT2D eigenvalue weighted by atomic mass is 9.81. The molecule has 5 aromatic rings. The molecule has 52 heavy (non-hydrogen) atoms. The van der Waals surface area contributed by atoms with Crippen molar-refractivity contribution in [3.63, 3.8) is 0 Å².